The molecule has 0 saturated heterocycles. The van der Waals surface area contributed by atoms with E-state index in [1.54, 1.807) is 0 Å². The van der Waals surface area contributed by atoms with Gasteiger partial charge in [0.1, 0.15) is 0 Å². The minimum absolute atomic E-state index is 1.14. The fourth-order valence-corrected chi connectivity index (χ4v) is 1.21. The Bertz CT molecular complexity index is 324. The van der Waals surface area contributed by atoms with Gasteiger partial charge in [-0.2, -0.15) is 0 Å². The van der Waals surface area contributed by atoms with Crippen LogP contribution < -0.4 is 0 Å². The molecule has 0 aliphatic rings. The maximum Gasteiger partial charge on any atom is 0.0194 e. The Kier molecular flexibility index (Phi) is 6.82. The number of aryl methyl sites for hydroxylation is 2. The molecule has 2 aromatic carbocycles. The van der Waals surface area contributed by atoms with Gasteiger partial charge >= 0.3 is 0 Å². The third kappa shape index (κ3) is 6.02. The average Bonchev–Trinajstić information content (AvgIpc) is 2.44. The lowest BCUT2D eigenvalue weighted by molar-refractivity contribution is 1.14. The van der Waals surface area contributed by atoms with Crippen molar-refractivity contribution in [3.8, 4) is 0 Å². The van der Waals surface area contributed by atoms with Gasteiger partial charge in [0, 0.05) is 1.37 Å². The third-order valence-corrected chi connectivity index (χ3v) is 2.20. The van der Waals surface area contributed by atoms with Crippen molar-refractivity contribution in [2.45, 2.75) is 27.7 Å². The molecule has 0 saturated carbocycles. The number of hydrogen-bond acceptors (Lipinski definition) is 0. The molecule has 0 heterocycles. The van der Waals surface area contributed by atoms with E-state index >= 15 is 0 Å². The smallest absolute Gasteiger partial charge is 0.0194 e. The lowest BCUT2D eigenvalue weighted by Crippen LogP contribution is -1.77. The summed E-state index contributed by atoms with van der Waals surface area (Å²) in [5, 5.41) is 0. The van der Waals surface area contributed by atoms with Crippen molar-refractivity contribution in [3.05, 3.63) is 71.8 Å². The van der Waals surface area contributed by atoms with E-state index in [0.717, 1.165) is 6.42 Å². The summed E-state index contributed by atoms with van der Waals surface area (Å²) in [7, 11) is 1.25. The Hall–Kier alpha value is -1.56. The van der Waals surface area contributed by atoms with Crippen LogP contribution >= 0.6 is 0 Å². The fraction of sp³-hybridized carbons (Fsp3) is 0.250. The van der Waals surface area contributed by atoms with Crippen LogP contribution in [0.5, 0.6) is 0 Å². The van der Waals surface area contributed by atoms with Gasteiger partial charge in [-0.25, -0.2) is 0 Å². The van der Waals surface area contributed by atoms with Crippen molar-refractivity contribution in [2.75, 3.05) is 0 Å². The number of rotatable bonds is 1. The standard InChI is InChI=1S/C9H12.C6H6.CH4/c1-3-9-6-4-8(2)5-7-9;1-2-4-6-5-3-1;/h4-7H,3H2,1-2H3;1-6H;1H4/i;;1D. The Morgan fingerprint density at radius 1 is 0.875 bits per heavy atom. The Labute approximate surface area is 101 Å². The van der Waals surface area contributed by atoms with Crippen LogP contribution in [0.2, 0.25) is 0 Å². The van der Waals surface area contributed by atoms with Gasteiger partial charge in [-0.05, 0) is 18.9 Å². The van der Waals surface area contributed by atoms with Gasteiger partial charge in [0.05, 0.1) is 0 Å². The first kappa shape index (κ1) is 12.5. The summed E-state index contributed by atoms with van der Waals surface area (Å²) in [5.41, 5.74) is 2.76. The molecule has 0 amide bonds. The normalized spacial score (nSPS) is 8.81. The highest BCUT2D eigenvalue weighted by Crippen LogP contribution is 2.02. The highest BCUT2D eigenvalue weighted by molar-refractivity contribution is 5.20. The highest BCUT2D eigenvalue weighted by atomic mass is 13.9. The van der Waals surface area contributed by atoms with Crippen LogP contribution in [0.15, 0.2) is 60.7 Å². The first-order valence-electron chi connectivity index (χ1n) is 6.38. The van der Waals surface area contributed by atoms with Crippen molar-refractivity contribution in [3.63, 3.8) is 0 Å². The second-order valence-electron chi connectivity index (χ2n) is 3.49. The van der Waals surface area contributed by atoms with Gasteiger partial charge in [-0.3, -0.25) is 0 Å². The van der Waals surface area contributed by atoms with E-state index in [4.69, 9.17) is 1.37 Å². The van der Waals surface area contributed by atoms with Crippen molar-refractivity contribution in [1.29, 1.82) is 0 Å². The van der Waals surface area contributed by atoms with E-state index in [2.05, 4.69) is 38.1 Å². The molecule has 0 atom stereocenters. The maximum absolute atomic E-state index is 5.75. The zero-order valence-corrected chi connectivity index (χ0v) is 10.5. The minimum atomic E-state index is 1.14. The zero-order valence-electron chi connectivity index (χ0n) is 11.5. The predicted molar refractivity (Wildman–Crippen MR) is 73.7 cm³/mol. The molecule has 0 fully saturated rings. The van der Waals surface area contributed by atoms with Crippen LogP contribution in [-0.2, 0) is 6.42 Å². The lowest BCUT2D eigenvalue weighted by Gasteiger charge is -1.94. The predicted octanol–water partition coefficient (Wildman–Crippen LogP) is 4.88. The highest BCUT2D eigenvalue weighted by Gasteiger charge is 1.84. The zero-order chi connectivity index (χ0) is 12.9. The SMILES string of the molecule is CCc1ccc(C)cc1.[2H]C.c1ccccc1. The molecule has 0 unspecified atom stereocenters. The molecule has 0 aliphatic carbocycles. The molecular weight excluding hydrogens is 192 g/mol. The average molecular weight is 215 g/mol. The first-order valence-corrected chi connectivity index (χ1v) is 5.38. The summed E-state index contributed by atoms with van der Waals surface area (Å²) in [5.74, 6) is 0. The molecule has 0 spiro atoms. The Morgan fingerprint density at radius 3 is 1.56 bits per heavy atom. The van der Waals surface area contributed by atoms with E-state index < -0.39 is 0 Å². The van der Waals surface area contributed by atoms with Gasteiger partial charge in [0.2, 0.25) is 0 Å². The van der Waals surface area contributed by atoms with Crippen molar-refractivity contribution < 1.29 is 1.37 Å². The van der Waals surface area contributed by atoms with Crippen LogP contribution in [-0.4, -0.2) is 0 Å². The van der Waals surface area contributed by atoms with E-state index in [0.29, 0.717) is 0 Å². The molecule has 0 aromatic heterocycles. The van der Waals surface area contributed by atoms with Gasteiger partial charge in [0.15, 0.2) is 0 Å². The fourth-order valence-electron chi connectivity index (χ4n) is 1.21. The summed E-state index contributed by atoms with van der Waals surface area (Å²) < 4.78 is 5.75. The summed E-state index contributed by atoms with van der Waals surface area (Å²) >= 11 is 0. The maximum atomic E-state index is 5.75. The van der Waals surface area contributed by atoms with Gasteiger partial charge in [0.25, 0.3) is 0 Å². The van der Waals surface area contributed by atoms with Crippen LogP contribution in [0.25, 0.3) is 0 Å². The Balaban J connectivity index is 0.000000278. The summed E-state index contributed by atoms with van der Waals surface area (Å²) in [6.07, 6.45) is 1.14. The topological polar surface area (TPSA) is 0 Å². The second-order valence-corrected chi connectivity index (χ2v) is 3.49. The van der Waals surface area contributed by atoms with Crippen molar-refractivity contribution >= 4 is 0 Å². The molecule has 0 N–H and O–H groups in total. The summed E-state index contributed by atoms with van der Waals surface area (Å²) in [6.45, 7) is 4.28. The van der Waals surface area contributed by atoms with Crippen LogP contribution in [0.1, 0.15) is 26.8 Å². The molecule has 0 radical (unpaired) electrons. The van der Waals surface area contributed by atoms with E-state index in [1.165, 1.54) is 18.5 Å². The lowest BCUT2D eigenvalue weighted by atomic mass is 10.1. The summed E-state index contributed by atoms with van der Waals surface area (Å²) in [6, 6.07) is 20.7. The summed E-state index contributed by atoms with van der Waals surface area (Å²) in [4.78, 5) is 0. The van der Waals surface area contributed by atoms with Crippen LogP contribution in [0.3, 0.4) is 0 Å². The second kappa shape index (κ2) is 8.72. The van der Waals surface area contributed by atoms with E-state index in [-0.39, 0.29) is 0 Å². The number of benzene rings is 2. The van der Waals surface area contributed by atoms with E-state index in [1.807, 2.05) is 36.4 Å². The molecule has 2 rings (SSSR count). The molecule has 16 heavy (non-hydrogen) atoms. The van der Waals surface area contributed by atoms with Gasteiger partial charge in [-0.15, -0.1) is 0 Å². The van der Waals surface area contributed by atoms with Crippen molar-refractivity contribution in [2.24, 2.45) is 0 Å². The van der Waals surface area contributed by atoms with Crippen LogP contribution in [0, 0.1) is 6.92 Å². The molecule has 0 heteroatoms. The monoisotopic (exact) mass is 215 g/mol. The molecule has 86 valence electrons. The molecular formula is C16H22. The molecule has 0 bridgehead atoms. The first-order chi connectivity index (χ1) is 8.33. The molecule has 2 aromatic rings. The third-order valence-electron chi connectivity index (χ3n) is 2.20. The van der Waals surface area contributed by atoms with Crippen molar-refractivity contribution in [1.82, 2.24) is 0 Å². The quantitative estimate of drug-likeness (QED) is 0.636. The molecule has 0 aliphatic heterocycles. The van der Waals surface area contributed by atoms with Gasteiger partial charge in [-0.1, -0.05) is 80.6 Å². The number of hydrogen-bond donors (Lipinski definition) is 0. The molecule has 0 nitrogen and oxygen atoms in total. The minimum Gasteiger partial charge on any atom is -0.0776 e. The largest absolute Gasteiger partial charge is 0.0776 e. The van der Waals surface area contributed by atoms with Gasteiger partial charge < -0.3 is 0 Å². The van der Waals surface area contributed by atoms with E-state index in [9.17, 15) is 0 Å². The Morgan fingerprint density at radius 2 is 1.25 bits per heavy atom. The van der Waals surface area contributed by atoms with Crippen LogP contribution in [0.4, 0.5) is 0 Å².